The lowest BCUT2D eigenvalue weighted by atomic mass is 10.1. The molecule has 2 aromatic heterocycles. The van der Waals surface area contributed by atoms with E-state index in [1.807, 2.05) is 19.1 Å². The molecule has 1 unspecified atom stereocenters. The molecule has 0 radical (unpaired) electrons. The number of fused-ring (bicyclic) bond motifs is 2. The van der Waals surface area contributed by atoms with E-state index in [9.17, 15) is 18.3 Å². The lowest BCUT2D eigenvalue weighted by Gasteiger charge is -2.21. The van der Waals surface area contributed by atoms with Crippen LogP contribution in [0.3, 0.4) is 0 Å². The van der Waals surface area contributed by atoms with E-state index in [-0.39, 0.29) is 11.6 Å². The molecule has 0 spiro atoms. The summed E-state index contributed by atoms with van der Waals surface area (Å²) in [6.07, 6.45) is 5.36. The second-order valence-electron chi connectivity index (χ2n) is 6.54. The van der Waals surface area contributed by atoms with Crippen LogP contribution in [0.25, 0.3) is 16.9 Å². The fourth-order valence-corrected chi connectivity index (χ4v) is 4.85. The van der Waals surface area contributed by atoms with Gasteiger partial charge >= 0.3 is 5.97 Å². The van der Waals surface area contributed by atoms with Crippen LogP contribution < -0.4 is 4.31 Å². The van der Waals surface area contributed by atoms with E-state index in [1.54, 1.807) is 28.9 Å². The maximum absolute atomic E-state index is 12.0. The van der Waals surface area contributed by atoms with Crippen molar-refractivity contribution in [2.45, 2.75) is 19.4 Å². The van der Waals surface area contributed by atoms with Crippen molar-refractivity contribution >= 4 is 27.3 Å². The molecule has 3 aromatic rings. The van der Waals surface area contributed by atoms with Gasteiger partial charge in [0.1, 0.15) is 5.56 Å². The predicted molar refractivity (Wildman–Crippen MR) is 98.1 cm³/mol. The Hall–Kier alpha value is -2.87. The normalized spacial score (nSPS) is 16.8. The van der Waals surface area contributed by atoms with E-state index >= 15 is 0 Å². The van der Waals surface area contributed by atoms with Gasteiger partial charge in [-0.3, -0.25) is 4.31 Å². The second-order valence-corrected chi connectivity index (χ2v) is 8.40. The van der Waals surface area contributed by atoms with Crippen molar-refractivity contribution in [2.75, 3.05) is 10.6 Å². The number of hydrogen-bond donors (Lipinski definition) is 1. The van der Waals surface area contributed by atoms with Gasteiger partial charge in [-0.25, -0.2) is 18.2 Å². The summed E-state index contributed by atoms with van der Waals surface area (Å²) in [5.74, 6) is -1.03. The van der Waals surface area contributed by atoms with Gasteiger partial charge < -0.3 is 9.51 Å². The van der Waals surface area contributed by atoms with Gasteiger partial charge in [-0.15, -0.1) is 0 Å². The lowest BCUT2D eigenvalue weighted by Crippen LogP contribution is -2.34. The van der Waals surface area contributed by atoms with Gasteiger partial charge in [0.15, 0.2) is 5.65 Å². The first-order valence-electron chi connectivity index (χ1n) is 8.09. The standard InChI is InChI=1S/C18H17N3O4S/c1-11-8-13-9-12(5-6-16(13)21(11)26(2,24)25)15-10-20-7-3-4-14(18(22)23)17(20)19-15/h3-7,9-11H,8H2,1-2H3,(H,22,23). The summed E-state index contributed by atoms with van der Waals surface area (Å²) >= 11 is 0. The van der Waals surface area contributed by atoms with E-state index in [4.69, 9.17) is 0 Å². The average molecular weight is 371 g/mol. The third-order valence-corrected chi connectivity index (χ3v) is 5.87. The van der Waals surface area contributed by atoms with E-state index < -0.39 is 16.0 Å². The molecule has 1 aliphatic heterocycles. The number of carboxylic acid groups (broad SMARTS) is 1. The highest BCUT2D eigenvalue weighted by Crippen LogP contribution is 2.36. The van der Waals surface area contributed by atoms with Gasteiger partial charge in [0.05, 0.1) is 17.6 Å². The maximum Gasteiger partial charge on any atom is 0.339 e. The van der Waals surface area contributed by atoms with Crippen LogP contribution in [0.4, 0.5) is 5.69 Å². The molecule has 1 N–H and O–H groups in total. The lowest BCUT2D eigenvalue weighted by molar-refractivity contribution is 0.0698. The Labute approximate surface area is 150 Å². The van der Waals surface area contributed by atoms with Gasteiger partial charge in [-0.2, -0.15) is 0 Å². The van der Waals surface area contributed by atoms with E-state index in [0.29, 0.717) is 23.4 Å². The van der Waals surface area contributed by atoms with Crippen LogP contribution in [-0.4, -0.2) is 41.2 Å². The van der Waals surface area contributed by atoms with Crippen LogP contribution in [0.2, 0.25) is 0 Å². The smallest absolute Gasteiger partial charge is 0.339 e. The van der Waals surface area contributed by atoms with Gasteiger partial charge in [-0.1, -0.05) is 6.07 Å². The predicted octanol–water partition coefficient (Wildman–Crippen LogP) is 2.41. The minimum atomic E-state index is -3.33. The summed E-state index contributed by atoms with van der Waals surface area (Å²) in [4.78, 5) is 15.8. The van der Waals surface area contributed by atoms with Crippen molar-refractivity contribution in [3.8, 4) is 11.3 Å². The molecule has 26 heavy (non-hydrogen) atoms. The molecule has 8 heteroatoms. The first-order valence-corrected chi connectivity index (χ1v) is 9.94. The molecule has 4 rings (SSSR count). The molecule has 1 aliphatic rings. The van der Waals surface area contributed by atoms with Crippen LogP contribution in [0.5, 0.6) is 0 Å². The summed E-state index contributed by atoms with van der Waals surface area (Å²) in [7, 11) is -3.33. The van der Waals surface area contributed by atoms with E-state index in [1.165, 1.54) is 16.6 Å². The Morgan fingerprint density at radius 2 is 2.08 bits per heavy atom. The van der Waals surface area contributed by atoms with Gasteiger partial charge in [0.2, 0.25) is 10.0 Å². The topological polar surface area (TPSA) is 92.0 Å². The second kappa shape index (κ2) is 5.57. The number of benzene rings is 1. The third-order valence-electron chi connectivity index (χ3n) is 4.60. The summed E-state index contributed by atoms with van der Waals surface area (Å²) in [6.45, 7) is 1.88. The number of hydrogen-bond acceptors (Lipinski definition) is 4. The number of nitrogens with zero attached hydrogens (tertiary/aromatic N) is 3. The highest BCUT2D eigenvalue weighted by Gasteiger charge is 2.32. The zero-order valence-corrected chi connectivity index (χ0v) is 15.1. The van der Waals surface area contributed by atoms with Crippen LogP contribution in [-0.2, 0) is 16.4 Å². The van der Waals surface area contributed by atoms with E-state index in [2.05, 4.69) is 4.98 Å². The van der Waals surface area contributed by atoms with Crippen molar-refractivity contribution in [3.05, 3.63) is 53.9 Å². The molecular weight excluding hydrogens is 354 g/mol. The summed E-state index contributed by atoms with van der Waals surface area (Å²) in [6, 6.07) is 8.59. The Kier molecular flexibility index (Phi) is 3.55. The van der Waals surface area contributed by atoms with Crippen molar-refractivity contribution in [1.29, 1.82) is 0 Å². The average Bonchev–Trinajstić information content (AvgIpc) is 3.12. The fraction of sp³-hybridized carbons (Fsp3) is 0.222. The first kappa shape index (κ1) is 16.6. The molecule has 7 nitrogen and oxygen atoms in total. The fourth-order valence-electron chi connectivity index (χ4n) is 3.59. The van der Waals surface area contributed by atoms with Gasteiger partial charge in [0, 0.05) is 24.0 Å². The number of anilines is 1. The number of aromatic carboxylic acids is 1. The first-order chi connectivity index (χ1) is 12.3. The molecule has 0 bridgehead atoms. The largest absolute Gasteiger partial charge is 0.478 e. The molecule has 0 saturated heterocycles. The minimum Gasteiger partial charge on any atom is -0.478 e. The van der Waals surface area contributed by atoms with Gasteiger partial charge in [0.25, 0.3) is 0 Å². The Morgan fingerprint density at radius 3 is 2.77 bits per heavy atom. The van der Waals surface area contributed by atoms with Crippen molar-refractivity contribution in [3.63, 3.8) is 0 Å². The molecule has 134 valence electrons. The molecule has 0 saturated carbocycles. The number of sulfonamides is 1. The molecule has 1 aromatic carbocycles. The van der Waals surface area contributed by atoms with Crippen molar-refractivity contribution in [2.24, 2.45) is 0 Å². The molecule has 0 aliphatic carbocycles. The minimum absolute atomic E-state index is 0.130. The number of aromatic nitrogens is 2. The summed E-state index contributed by atoms with van der Waals surface area (Å²) in [5.41, 5.74) is 3.62. The Balaban J connectivity index is 1.82. The molecular formula is C18H17N3O4S. The molecule has 3 heterocycles. The third kappa shape index (κ3) is 2.53. The molecule has 0 fully saturated rings. The highest BCUT2D eigenvalue weighted by molar-refractivity contribution is 7.92. The van der Waals surface area contributed by atoms with Crippen LogP contribution in [0.15, 0.2) is 42.7 Å². The van der Waals surface area contributed by atoms with Crippen LogP contribution in [0, 0.1) is 0 Å². The highest BCUT2D eigenvalue weighted by atomic mass is 32.2. The van der Waals surface area contributed by atoms with Crippen LogP contribution in [0.1, 0.15) is 22.8 Å². The van der Waals surface area contributed by atoms with Gasteiger partial charge in [-0.05, 0) is 43.2 Å². The maximum atomic E-state index is 12.0. The molecule has 1 atom stereocenters. The summed E-state index contributed by atoms with van der Waals surface area (Å²) < 4.78 is 27.2. The quantitative estimate of drug-likeness (QED) is 0.763. The Morgan fingerprint density at radius 1 is 1.31 bits per heavy atom. The zero-order chi connectivity index (χ0) is 18.6. The number of carboxylic acids is 1. The van der Waals surface area contributed by atoms with Crippen molar-refractivity contribution in [1.82, 2.24) is 9.38 Å². The SMILES string of the molecule is CC1Cc2cc(-c3cn4cccc(C(=O)O)c4n3)ccc2N1S(C)(=O)=O. The molecule has 0 amide bonds. The number of rotatable bonds is 3. The van der Waals surface area contributed by atoms with Crippen LogP contribution >= 0.6 is 0 Å². The number of pyridine rings is 1. The summed E-state index contributed by atoms with van der Waals surface area (Å²) in [5, 5.41) is 9.31. The monoisotopic (exact) mass is 371 g/mol. The van der Waals surface area contributed by atoms with E-state index in [0.717, 1.165) is 11.1 Å². The number of carbonyl (C=O) groups is 1. The number of imidazole rings is 1. The Bertz CT molecular complexity index is 1150. The van der Waals surface area contributed by atoms with Crippen molar-refractivity contribution < 1.29 is 18.3 Å². The zero-order valence-electron chi connectivity index (χ0n) is 14.2.